The van der Waals surface area contributed by atoms with Crippen molar-refractivity contribution in [3.63, 3.8) is 0 Å². The third-order valence-electron chi connectivity index (χ3n) is 6.25. The van der Waals surface area contributed by atoms with Crippen LogP contribution in [0.5, 0.6) is 0 Å². The monoisotopic (exact) mass is 558 g/mol. The molecule has 4 aromatic rings. The van der Waals surface area contributed by atoms with Gasteiger partial charge in [-0.2, -0.15) is 0 Å². The molecule has 38 heavy (non-hydrogen) atoms. The summed E-state index contributed by atoms with van der Waals surface area (Å²) in [6.07, 6.45) is 0. The van der Waals surface area contributed by atoms with Crippen molar-refractivity contribution in [2.24, 2.45) is 11.8 Å². The Morgan fingerprint density at radius 3 is 0.763 bits per heavy atom. The molecule has 0 bridgehead atoms. The molecule has 0 fully saturated rings. The Morgan fingerprint density at radius 1 is 0.421 bits per heavy atom. The van der Waals surface area contributed by atoms with Gasteiger partial charge in [0.05, 0.1) is 0 Å². The molecule has 0 saturated carbocycles. The number of aliphatic hydroxyl groups is 2. The molecule has 0 aliphatic carbocycles. The number of benzene rings is 4. The van der Waals surface area contributed by atoms with E-state index in [1.807, 2.05) is 86.6 Å². The first-order valence-corrected chi connectivity index (χ1v) is 16.3. The van der Waals surface area contributed by atoms with Gasteiger partial charge in [-0.25, -0.2) is 0 Å². The first-order chi connectivity index (χ1) is 18.1. The van der Waals surface area contributed by atoms with Crippen LogP contribution in [0, 0.1) is 11.8 Å². The van der Waals surface area contributed by atoms with Gasteiger partial charge in [0.2, 0.25) is 0 Å². The maximum absolute atomic E-state index is 10.2. The summed E-state index contributed by atoms with van der Waals surface area (Å²) in [5, 5.41) is 19.5. The van der Waals surface area contributed by atoms with Crippen molar-refractivity contribution >= 4 is 36.7 Å². The maximum atomic E-state index is 10.2. The van der Waals surface area contributed by atoms with E-state index in [2.05, 4.69) is 0 Å². The molecule has 0 heterocycles. The second-order valence-electron chi connectivity index (χ2n) is 9.13. The quantitative estimate of drug-likeness (QED) is 0.194. The molecule has 0 radical (unpaired) electrons. The van der Waals surface area contributed by atoms with Crippen molar-refractivity contribution in [1.82, 2.24) is 0 Å². The fourth-order valence-electron chi connectivity index (χ4n) is 3.38. The molecule has 2 unspecified atom stereocenters. The minimum absolute atomic E-state index is 0.168. The predicted octanol–water partition coefficient (Wildman–Crippen LogP) is 2.65. The number of rotatable bonds is 7. The zero-order chi connectivity index (χ0) is 28.0. The van der Waals surface area contributed by atoms with E-state index in [0.717, 1.165) is 0 Å². The van der Waals surface area contributed by atoms with Crippen LogP contribution in [0.4, 0.5) is 0 Å². The minimum atomic E-state index is -3.46. The van der Waals surface area contributed by atoms with Gasteiger partial charge in [0, 0.05) is 13.2 Å². The second kappa shape index (κ2) is 15.8. The van der Waals surface area contributed by atoms with E-state index in [4.69, 9.17) is 10.2 Å². The van der Waals surface area contributed by atoms with Gasteiger partial charge < -0.3 is 10.2 Å². The molecule has 0 aliphatic heterocycles. The number of hydrogen-bond acceptors (Lipinski definition) is 6. The third-order valence-corrected chi connectivity index (χ3v) is 10.8. The summed E-state index contributed by atoms with van der Waals surface area (Å²) >= 11 is 0. The van der Waals surface area contributed by atoms with Gasteiger partial charge in [0.25, 0.3) is 0 Å². The second-order valence-corrected chi connectivity index (χ2v) is 14.1. The molecule has 0 spiro atoms. The molecular weight excluding hydrogens is 518 g/mol. The Kier molecular flexibility index (Phi) is 13.2. The fraction of sp³-hybridized carbons (Fsp3) is 0.200. The van der Waals surface area contributed by atoms with Gasteiger partial charge in [-0.15, -0.1) is 0 Å². The van der Waals surface area contributed by atoms with Crippen molar-refractivity contribution in [3.8, 4) is 0 Å². The van der Waals surface area contributed by atoms with Gasteiger partial charge in [-0.3, -0.25) is 0 Å². The van der Waals surface area contributed by atoms with Crippen LogP contribution < -0.4 is 21.2 Å². The molecule has 4 aromatic carbocycles. The molecule has 8 heteroatoms. The Balaban J connectivity index is 0.000000211. The van der Waals surface area contributed by atoms with Crippen LogP contribution in [0.2, 0.25) is 0 Å². The average molecular weight is 559 g/mol. The zero-order valence-electron chi connectivity index (χ0n) is 21.8. The molecular formula is C30H40O6P2. The van der Waals surface area contributed by atoms with Crippen molar-refractivity contribution in [1.29, 1.82) is 0 Å². The van der Waals surface area contributed by atoms with Crippen molar-refractivity contribution in [2.75, 3.05) is 13.2 Å². The molecule has 6 nitrogen and oxygen atoms in total. The SMILES string of the molecule is CC(CO)C(C)CO.O[PH](O)(c1ccccc1)c1ccccc1.O[PH](O)(c1ccccc1)c1ccccc1. The summed E-state index contributed by atoms with van der Waals surface area (Å²) in [6, 6.07) is 35.9. The van der Waals surface area contributed by atoms with E-state index in [9.17, 15) is 19.6 Å². The normalized spacial score (nSPS) is 13.6. The topological polar surface area (TPSA) is 121 Å². The van der Waals surface area contributed by atoms with E-state index < -0.39 is 15.4 Å². The van der Waals surface area contributed by atoms with Crippen molar-refractivity contribution in [3.05, 3.63) is 121 Å². The van der Waals surface area contributed by atoms with E-state index in [-0.39, 0.29) is 25.0 Å². The van der Waals surface area contributed by atoms with Crippen LogP contribution >= 0.6 is 15.4 Å². The van der Waals surface area contributed by atoms with Gasteiger partial charge in [-0.05, 0) is 11.8 Å². The van der Waals surface area contributed by atoms with Crippen LogP contribution in [0.3, 0.4) is 0 Å². The predicted molar refractivity (Wildman–Crippen MR) is 162 cm³/mol. The Bertz CT molecular complexity index is 983. The van der Waals surface area contributed by atoms with Crippen molar-refractivity contribution < 1.29 is 29.8 Å². The van der Waals surface area contributed by atoms with Crippen LogP contribution in [-0.4, -0.2) is 43.0 Å². The average Bonchev–Trinajstić information content (AvgIpc) is 2.98. The van der Waals surface area contributed by atoms with E-state index in [1.54, 1.807) is 48.5 Å². The summed E-state index contributed by atoms with van der Waals surface area (Å²) in [4.78, 5) is 40.6. The summed E-state index contributed by atoms with van der Waals surface area (Å²) in [5.41, 5.74) is 0. The Hall–Kier alpha value is -2.50. The molecule has 4 rings (SSSR count). The standard InChI is InChI=1S/2C12H13O2P.C6H14O2/c2*13-15(14,11-7-3-1-4-8-11)12-9-5-2-6-10-12;1-5(3-7)6(2)4-8/h2*1-10,13-15H;5-8H,3-4H2,1-2H3. The van der Waals surface area contributed by atoms with E-state index in [1.165, 1.54) is 0 Å². The summed E-state index contributed by atoms with van der Waals surface area (Å²) in [7, 11) is -6.91. The zero-order valence-corrected chi connectivity index (χ0v) is 23.8. The Labute approximate surface area is 226 Å². The van der Waals surface area contributed by atoms with Gasteiger partial charge in [-0.1, -0.05) is 13.8 Å². The van der Waals surface area contributed by atoms with Gasteiger partial charge in [0.15, 0.2) is 0 Å². The van der Waals surface area contributed by atoms with E-state index in [0.29, 0.717) is 21.2 Å². The molecule has 2 atom stereocenters. The van der Waals surface area contributed by atoms with Gasteiger partial charge >= 0.3 is 178 Å². The fourth-order valence-corrected chi connectivity index (χ4v) is 6.67. The molecule has 0 aliphatic rings. The van der Waals surface area contributed by atoms with Crippen LogP contribution in [0.1, 0.15) is 13.8 Å². The van der Waals surface area contributed by atoms with Gasteiger partial charge in [0.1, 0.15) is 0 Å². The Morgan fingerprint density at radius 2 is 0.605 bits per heavy atom. The van der Waals surface area contributed by atoms with Crippen LogP contribution in [-0.2, 0) is 0 Å². The van der Waals surface area contributed by atoms with Crippen LogP contribution in [0.15, 0.2) is 121 Å². The summed E-state index contributed by atoms with van der Waals surface area (Å²) in [5.74, 6) is 0.444. The van der Waals surface area contributed by atoms with Crippen LogP contribution in [0.25, 0.3) is 0 Å². The molecule has 206 valence electrons. The molecule has 0 amide bonds. The van der Waals surface area contributed by atoms with E-state index >= 15 is 0 Å². The first-order valence-electron chi connectivity index (χ1n) is 12.5. The molecule has 6 N–H and O–H groups in total. The number of hydrogen-bond donors (Lipinski definition) is 6. The molecule has 0 saturated heterocycles. The summed E-state index contributed by atoms with van der Waals surface area (Å²) < 4.78 is 0. The third kappa shape index (κ3) is 9.36. The molecule has 0 aromatic heterocycles. The first kappa shape index (κ1) is 31.7. The number of aliphatic hydroxyl groups excluding tert-OH is 2. The summed E-state index contributed by atoms with van der Waals surface area (Å²) in [6.45, 7) is 4.17. The van der Waals surface area contributed by atoms with Crippen molar-refractivity contribution in [2.45, 2.75) is 13.8 Å².